The number of aryl methyl sites for hydroxylation is 1. The molecule has 2 N–H and O–H groups in total. The van der Waals surface area contributed by atoms with Gasteiger partial charge < -0.3 is 9.92 Å². The van der Waals surface area contributed by atoms with E-state index in [9.17, 15) is 8.42 Å². The normalized spacial score (nSPS) is 11.1. The Balaban J connectivity index is 2.24. The molecule has 0 heterocycles. The minimum Gasteiger partial charge on any atom is -0.389 e. The molecule has 0 aliphatic heterocycles. The Labute approximate surface area is 123 Å². The molecule has 0 fully saturated rings. The van der Waals surface area contributed by atoms with Gasteiger partial charge in [-0.1, -0.05) is 29.9 Å². The molecule has 0 radical (unpaired) electrons. The summed E-state index contributed by atoms with van der Waals surface area (Å²) in [6, 6.07) is 12.7. The van der Waals surface area contributed by atoms with Crippen LogP contribution in [0.5, 0.6) is 5.75 Å². The summed E-state index contributed by atoms with van der Waals surface area (Å²) in [5, 5.41) is 0. The minimum atomic E-state index is -3.83. The average Bonchev–Trinajstić information content (AvgIpc) is 2.39. The van der Waals surface area contributed by atoms with E-state index >= 15 is 0 Å². The van der Waals surface area contributed by atoms with Crippen LogP contribution in [0.25, 0.3) is 0 Å². The monoisotopic (exact) mass is 307 g/mol. The molecule has 0 bridgehead atoms. The van der Waals surface area contributed by atoms with Crippen LogP contribution in [0.2, 0.25) is 0 Å². The maximum absolute atomic E-state index is 12.1. The van der Waals surface area contributed by atoms with Crippen LogP contribution in [-0.2, 0) is 10.1 Å². The molecule has 0 saturated carbocycles. The van der Waals surface area contributed by atoms with Crippen LogP contribution in [-0.4, -0.2) is 13.4 Å². The number of thiocarbonyl (C=S) groups is 1. The molecular weight excluding hydrogens is 294 g/mol. The van der Waals surface area contributed by atoms with E-state index in [0.29, 0.717) is 5.56 Å². The van der Waals surface area contributed by atoms with Gasteiger partial charge in [0.1, 0.15) is 15.6 Å². The molecular formula is C14H13NO3S2. The topological polar surface area (TPSA) is 69.4 Å². The molecule has 0 saturated heterocycles. The highest BCUT2D eigenvalue weighted by atomic mass is 32.2. The van der Waals surface area contributed by atoms with Gasteiger partial charge in [0.25, 0.3) is 0 Å². The summed E-state index contributed by atoms with van der Waals surface area (Å²) in [4.78, 5) is 0.361. The fourth-order valence-corrected chi connectivity index (χ4v) is 2.62. The van der Waals surface area contributed by atoms with Crippen molar-refractivity contribution in [3.63, 3.8) is 0 Å². The predicted molar refractivity (Wildman–Crippen MR) is 81.3 cm³/mol. The lowest BCUT2D eigenvalue weighted by atomic mass is 10.2. The van der Waals surface area contributed by atoms with Crippen molar-refractivity contribution in [1.29, 1.82) is 0 Å². The van der Waals surface area contributed by atoms with Gasteiger partial charge in [-0.05, 0) is 43.3 Å². The predicted octanol–water partition coefficient (Wildman–Crippen LogP) is 2.40. The van der Waals surface area contributed by atoms with Gasteiger partial charge in [-0.25, -0.2) is 0 Å². The minimum absolute atomic E-state index is 0.113. The number of benzene rings is 2. The van der Waals surface area contributed by atoms with E-state index in [1.54, 1.807) is 24.3 Å². The highest BCUT2D eigenvalue weighted by Crippen LogP contribution is 2.19. The Morgan fingerprint density at radius 1 is 1.05 bits per heavy atom. The van der Waals surface area contributed by atoms with Crippen molar-refractivity contribution < 1.29 is 12.6 Å². The second kappa shape index (κ2) is 5.60. The highest BCUT2D eigenvalue weighted by Gasteiger charge is 2.16. The van der Waals surface area contributed by atoms with Crippen molar-refractivity contribution in [1.82, 2.24) is 0 Å². The third-order valence-electron chi connectivity index (χ3n) is 2.65. The Bertz CT molecular complexity index is 720. The van der Waals surface area contributed by atoms with E-state index < -0.39 is 10.1 Å². The Kier molecular flexibility index (Phi) is 4.06. The molecule has 6 heteroatoms. The summed E-state index contributed by atoms with van der Waals surface area (Å²) in [5.74, 6) is 0.213. The molecule has 0 amide bonds. The van der Waals surface area contributed by atoms with Crippen molar-refractivity contribution >= 4 is 27.3 Å². The van der Waals surface area contributed by atoms with Crippen molar-refractivity contribution in [2.24, 2.45) is 5.73 Å². The molecule has 0 aliphatic rings. The van der Waals surface area contributed by atoms with E-state index in [1.807, 2.05) is 6.92 Å². The molecule has 0 spiro atoms. The standard InChI is InChI=1S/C14H13NO3S2/c1-10-2-8-13(9-3-10)20(16,17)18-12-6-4-11(5-7-12)14(15)19/h2-9H,1H3,(H2,15,19). The van der Waals surface area contributed by atoms with Gasteiger partial charge in [-0.3, -0.25) is 0 Å². The molecule has 0 aliphatic carbocycles. The Morgan fingerprint density at radius 2 is 1.60 bits per heavy atom. The summed E-state index contributed by atoms with van der Waals surface area (Å²) in [5.41, 5.74) is 7.10. The van der Waals surface area contributed by atoms with E-state index in [0.717, 1.165) is 5.56 Å². The number of hydrogen-bond acceptors (Lipinski definition) is 4. The fraction of sp³-hybridized carbons (Fsp3) is 0.0714. The number of hydrogen-bond donors (Lipinski definition) is 1. The molecule has 2 aromatic rings. The summed E-state index contributed by atoms with van der Waals surface area (Å²) in [6.07, 6.45) is 0. The van der Waals surface area contributed by atoms with Gasteiger partial charge in [0.15, 0.2) is 0 Å². The van der Waals surface area contributed by atoms with Crippen molar-refractivity contribution in [3.8, 4) is 5.75 Å². The molecule has 20 heavy (non-hydrogen) atoms. The van der Waals surface area contributed by atoms with E-state index in [4.69, 9.17) is 22.1 Å². The zero-order chi connectivity index (χ0) is 14.8. The lowest BCUT2D eigenvalue weighted by Gasteiger charge is -2.07. The summed E-state index contributed by atoms with van der Waals surface area (Å²) < 4.78 is 29.2. The first-order valence-corrected chi connectivity index (χ1v) is 7.61. The van der Waals surface area contributed by atoms with E-state index in [-0.39, 0.29) is 15.6 Å². The summed E-state index contributed by atoms with van der Waals surface area (Å²) in [6.45, 7) is 1.88. The van der Waals surface area contributed by atoms with Crippen LogP contribution in [0.1, 0.15) is 11.1 Å². The van der Waals surface area contributed by atoms with Crippen LogP contribution in [0.3, 0.4) is 0 Å². The third-order valence-corrected chi connectivity index (χ3v) is 4.15. The van der Waals surface area contributed by atoms with Crippen LogP contribution in [0.15, 0.2) is 53.4 Å². The quantitative estimate of drug-likeness (QED) is 0.694. The van der Waals surface area contributed by atoms with Crippen LogP contribution >= 0.6 is 12.2 Å². The SMILES string of the molecule is Cc1ccc(S(=O)(=O)Oc2ccc(C(N)=S)cc2)cc1. The van der Waals surface area contributed by atoms with Crippen LogP contribution in [0, 0.1) is 6.92 Å². The average molecular weight is 307 g/mol. The van der Waals surface area contributed by atoms with Gasteiger partial charge in [0.2, 0.25) is 0 Å². The molecule has 0 aromatic heterocycles. The molecule has 0 unspecified atom stereocenters. The zero-order valence-corrected chi connectivity index (χ0v) is 12.4. The van der Waals surface area contributed by atoms with Crippen molar-refractivity contribution in [3.05, 3.63) is 59.7 Å². The second-order valence-electron chi connectivity index (χ2n) is 4.24. The summed E-state index contributed by atoms with van der Waals surface area (Å²) >= 11 is 4.82. The van der Waals surface area contributed by atoms with Gasteiger partial charge in [0.05, 0.1) is 0 Å². The van der Waals surface area contributed by atoms with Gasteiger partial charge in [0, 0.05) is 5.56 Å². The Morgan fingerprint density at radius 3 is 2.10 bits per heavy atom. The first-order chi connectivity index (χ1) is 9.38. The molecule has 2 rings (SSSR count). The van der Waals surface area contributed by atoms with E-state index in [2.05, 4.69) is 0 Å². The fourth-order valence-electron chi connectivity index (χ4n) is 1.55. The van der Waals surface area contributed by atoms with Gasteiger partial charge >= 0.3 is 10.1 Å². The molecule has 104 valence electrons. The number of rotatable bonds is 4. The molecule has 0 atom stereocenters. The largest absolute Gasteiger partial charge is 0.389 e. The van der Waals surface area contributed by atoms with Crippen LogP contribution < -0.4 is 9.92 Å². The lowest BCUT2D eigenvalue weighted by molar-refractivity contribution is 0.486. The van der Waals surface area contributed by atoms with Crippen molar-refractivity contribution in [2.75, 3.05) is 0 Å². The molecule has 2 aromatic carbocycles. The zero-order valence-electron chi connectivity index (χ0n) is 10.7. The van der Waals surface area contributed by atoms with Gasteiger partial charge in [-0.15, -0.1) is 0 Å². The smallest absolute Gasteiger partial charge is 0.339 e. The Hall–Kier alpha value is -1.92. The highest BCUT2D eigenvalue weighted by molar-refractivity contribution is 7.87. The third kappa shape index (κ3) is 3.34. The second-order valence-corrected chi connectivity index (χ2v) is 6.23. The maximum atomic E-state index is 12.1. The first kappa shape index (κ1) is 14.5. The van der Waals surface area contributed by atoms with Crippen LogP contribution in [0.4, 0.5) is 0 Å². The molecule has 4 nitrogen and oxygen atoms in total. The first-order valence-electron chi connectivity index (χ1n) is 5.79. The maximum Gasteiger partial charge on any atom is 0.339 e. The summed E-state index contributed by atoms with van der Waals surface area (Å²) in [7, 11) is -3.83. The number of nitrogens with two attached hydrogens (primary N) is 1. The van der Waals surface area contributed by atoms with Gasteiger partial charge in [-0.2, -0.15) is 8.42 Å². The van der Waals surface area contributed by atoms with Crippen molar-refractivity contribution in [2.45, 2.75) is 11.8 Å². The lowest BCUT2D eigenvalue weighted by Crippen LogP contribution is -2.11. The van der Waals surface area contributed by atoms with E-state index in [1.165, 1.54) is 24.3 Å².